The molecule has 0 aromatic carbocycles. The van der Waals surface area contributed by atoms with Crippen LogP contribution in [0.3, 0.4) is 0 Å². The normalized spacial score (nSPS) is 17.0. The standard InChI is InChI=1S/C15H13N3O4/c1-8-4-12(19)9-6-10(15(21)22-13(9)5-8)18-14(20)11-7-16-2-3-17-11/h2-3,6-8H,4-5H2,1H3,(H,18,20). The summed E-state index contributed by atoms with van der Waals surface area (Å²) >= 11 is 0. The van der Waals surface area contributed by atoms with Crippen LogP contribution in [0.5, 0.6) is 0 Å². The summed E-state index contributed by atoms with van der Waals surface area (Å²) in [7, 11) is 0. The molecule has 1 amide bonds. The van der Waals surface area contributed by atoms with E-state index in [1.807, 2.05) is 6.92 Å². The highest BCUT2D eigenvalue weighted by atomic mass is 16.4. The number of fused-ring (bicyclic) bond motifs is 1. The van der Waals surface area contributed by atoms with Crippen molar-refractivity contribution in [3.8, 4) is 0 Å². The van der Waals surface area contributed by atoms with Crippen molar-refractivity contribution < 1.29 is 14.0 Å². The highest BCUT2D eigenvalue weighted by molar-refractivity contribution is 6.04. The molecule has 0 saturated carbocycles. The molecule has 0 spiro atoms. The predicted octanol–water partition coefficient (Wildman–Crippen LogP) is 1.45. The van der Waals surface area contributed by atoms with E-state index in [9.17, 15) is 14.4 Å². The van der Waals surface area contributed by atoms with Crippen molar-refractivity contribution in [3.05, 3.63) is 52.1 Å². The molecule has 3 rings (SSSR count). The number of rotatable bonds is 2. The van der Waals surface area contributed by atoms with E-state index in [1.54, 1.807) is 0 Å². The molecule has 7 heteroatoms. The second-order valence-corrected chi connectivity index (χ2v) is 5.27. The van der Waals surface area contributed by atoms with Crippen LogP contribution in [0, 0.1) is 5.92 Å². The van der Waals surface area contributed by atoms with E-state index in [0.29, 0.717) is 24.2 Å². The van der Waals surface area contributed by atoms with Gasteiger partial charge in [0.05, 0.1) is 11.8 Å². The Morgan fingerprint density at radius 3 is 2.86 bits per heavy atom. The molecule has 1 N–H and O–H groups in total. The average Bonchev–Trinajstić information content (AvgIpc) is 2.49. The van der Waals surface area contributed by atoms with E-state index in [-0.39, 0.29) is 23.1 Å². The lowest BCUT2D eigenvalue weighted by Crippen LogP contribution is -2.24. The van der Waals surface area contributed by atoms with Gasteiger partial charge in [-0.25, -0.2) is 9.78 Å². The molecule has 0 radical (unpaired) electrons. The summed E-state index contributed by atoms with van der Waals surface area (Å²) in [6.45, 7) is 1.92. The number of anilines is 1. The summed E-state index contributed by atoms with van der Waals surface area (Å²) < 4.78 is 5.18. The molecule has 1 unspecified atom stereocenters. The van der Waals surface area contributed by atoms with Crippen LogP contribution in [0.1, 0.15) is 40.0 Å². The number of Topliss-reactive ketones (excluding diaryl/α,β-unsaturated/α-hetero) is 1. The largest absolute Gasteiger partial charge is 0.426 e. The molecule has 0 bridgehead atoms. The third-order valence-corrected chi connectivity index (χ3v) is 3.44. The Labute approximate surface area is 125 Å². The Bertz CT molecular complexity index is 798. The number of nitrogens with one attached hydrogen (secondary N) is 1. The van der Waals surface area contributed by atoms with Crippen LogP contribution in [0.15, 0.2) is 33.9 Å². The van der Waals surface area contributed by atoms with Crippen LogP contribution in [-0.2, 0) is 6.42 Å². The van der Waals surface area contributed by atoms with Crippen molar-refractivity contribution in [2.45, 2.75) is 19.8 Å². The maximum absolute atomic E-state index is 12.0. The van der Waals surface area contributed by atoms with Gasteiger partial charge in [-0.2, -0.15) is 0 Å². The quantitative estimate of drug-likeness (QED) is 0.900. The zero-order valence-electron chi connectivity index (χ0n) is 11.8. The number of hydrogen-bond acceptors (Lipinski definition) is 6. The number of amides is 1. The van der Waals surface area contributed by atoms with Gasteiger partial charge in [0.15, 0.2) is 5.78 Å². The van der Waals surface area contributed by atoms with E-state index >= 15 is 0 Å². The van der Waals surface area contributed by atoms with E-state index in [4.69, 9.17) is 4.42 Å². The van der Waals surface area contributed by atoms with Crippen LogP contribution < -0.4 is 10.9 Å². The van der Waals surface area contributed by atoms with Crippen molar-refractivity contribution in [3.63, 3.8) is 0 Å². The molecule has 7 nitrogen and oxygen atoms in total. The third kappa shape index (κ3) is 2.65. The second kappa shape index (κ2) is 5.51. The molecule has 0 aliphatic heterocycles. The number of carbonyl (C=O) groups is 2. The third-order valence-electron chi connectivity index (χ3n) is 3.44. The molecule has 2 aromatic heterocycles. The lowest BCUT2D eigenvalue weighted by molar-refractivity contribution is 0.0942. The van der Waals surface area contributed by atoms with E-state index in [0.717, 1.165) is 0 Å². The molecular formula is C15H13N3O4. The fourth-order valence-electron chi connectivity index (χ4n) is 2.40. The first-order chi connectivity index (χ1) is 10.5. The highest BCUT2D eigenvalue weighted by Crippen LogP contribution is 2.25. The summed E-state index contributed by atoms with van der Waals surface area (Å²) in [5, 5.41) is 2.41. The Kier molecular flexibility index (Phi) is 3.54. The van der Waals surface area contributed by atoms with Gasteiger partial charge < -0.3 is 9.73 Å². The first kappa shape index (κ1) is 14.1. The molecule has 22 heavy (non-hydrogen) atoms. The number of carbonyl (C=O) groups excluding carboxylic acids is 2. The predicted molar refractivity (Wildman–Crippen MR) is 76.8 cm³/mol. The Balaban J connectivity index is 1.93. The smallest absolute Gasteiger partial charge is 0.359 e. The minimum Gasteiger partial charge on any atom is -0.426 e. The molecule has 2 heterocycles. The molecule has 0 saturated heterocycles. The van der Waals surface area contributed by atoms with Crippen LogP contribution in [0.2, 0.25) is 0 Å². The van der Waals surface area contributed by atoms with Gasteiger partial charge in [0, 0.05) is 25.2 Å². The van der Waals surface area contributed by atoms with Gasteiger partial charge in [-0.3, -0.25) is 14.6 Å². The first-order valence-electron chi connectivity index (χ1n) is 6.82. The SMILES string of the molecule is CC1CC(=O)c2cc(NC(=O)c3cnccn3)c(=O)oc2C1. The number of nitrogens with zero attached hydrogens (tertiary/aromatic N) is 2. The van der Waals surface area contributed by atoms with Crippen LogP contribution in [0.25, 0.3) is 0 Å². The van der Waals surface area contributed by atoms with Crippen LogP contribution in [0.4, 0.5) is 5.69 Å². The minimum atomic E-state index is -0.683. The van der Waals surface area contributed by atoms with Crippen molar-refractivity contribution >= 4 is 17.4 Å². The van der Waals surface area contributed by atoms with Crippen molar-refractivity contribution in [1.29, 1.82) is 0 Å². The second-order valence-electron chi connectivity index (χ2n) is 5.27. The zero-order chi connectivity index (χ0) is 15.7. The van der Waals surface area contributed by atoms with Crippen molar-refractivity contribution in [2.24, 2.45) is 5.92 Å². The Morgan fingerprint density at radius 2 is 2.14 bits per heavy atom. The van der Waals surface area contributed by atoms with Gasteiger partial charge in [-0.05, 0) is 12.0 Å². The summed E-state index contributed by atoms with van der Waals surface area (Å²) in [6, 6.07) is 1.38. The van der Waals surface area contributed by atoms with Gasteiger partial charge in [0.2, 0.25) is 0 Å². The number of ketones is 1. The van der Waals surface area contributed by atoms with Crippen LogP contribution >= 0.6 is 0 Å². The van der Waals surface area contributed by atoms with E-state index < -0.39 is 11.5 Å². The summed E-state index contributed by atoms with van der Waals surface area (Å²) in [4.78, 5) is 43.6. The fourth-order valence-corrected chi connectivity index (χ4v) is 2.40. The first-order valence-corrected chi connectivity index (χ1v) is 6.82. The van der Waals surface area contributed by atoms with E-state index in [2.05, 4.69) is 15.3 Å². The fraction of sp³-hybridized carbons (Fsp3) is 0.267. The van der Waals surface area contributed by atoms with Gasteiger partial charge in [-0.1, -0.05) is 6.92 Å². The molecule has 1 aliphatic carbocycles. The minimum absolute atomic E-state index is 0.0690. The average molecular weight is 299 g/mol. The summed E-state index contributed by atoms with van der Waals surface area (Å²) in [6.07, 6.45) is 5.02. The molecule has 0 fully saturated rings. The van der Waals surface area contributed by atoms with Gasteiger partial charge in [0.1, 0.15) is 17.1 Å². The van der Waals surface area contributed by atoms with Crippen LogP contribution in [-0.4, -0.2) is 21.7 Å². The van der Waals surface area contributed by atoms with Gasteiger partial charge in [0.25, 0.3) is 5.91 Å². The Hall–Kier alpha value is -2.83. The maximum Gasteiger partial charge on any atom is 0.359 e. The molecule has 2 aromatic rings. The van der Waals surface area contributed by atoms with Gasteiger partial charge in [-0.15, -0.1) is 0 Å². The molecule has 1 aliphatic rings. The van der Waals surface area contributed by atoms with Gasteiger partial charge >= 0.3 is 5.63 Å². The molecule has 112 valence electrons. The zero-order valence-corrected chi connectivity index (χ0v) is 11.8. The number of hydrogen-bond donors (Lipinski definition) is 1. The number of aromatic nitrogens is 2. The highest BCUT2D eigenvalue weighted by Gasteiger charge is 2.26. The lowest BCUT2D eigenvalue weighted by Gasteiger charge is -2.19. The maximum atomic E-state index is 12.0. The summed E-state index contributed by atoms with van der Waals surface area (Å²) in [5.41, 5.74) is -0.332. The molecular weight excluding hydrogens is 286 g/mol. The lowest BCUT2D eigenvalue weighted by atomic mass is 9.88. The van der Waals surface area contributed by atoms with E-state index in [1.165, 1.54) is 24.7 Å². The Morgan fingerprint density at radius 1 is 1.32 bits per heavy atom. The van der Waals surface area contributed by atoms with Crippen molar-refractivity contribution in [1.82, 2.24) is 9.97 Å². The topological polar surface area (TPSA) is 102 Å². The monoisotopic (exact) mass is 299 g/mol. The summed E-state index contributed by atoms with van der Waals surface area (Å²) in [5.74, 6) is -0.154. The van der Waals surface area contributed by atoms with Crippen molar-refractivity contribution in [2.75, 3.05) is 5.32 Å². The molecule has 1 atom stereocenters.